The maximum atomic E-state index is 12.0. The van der Waals surface area contributed by atoms with Crippen molar-refractivity contribution < 1.29 is 13.2 Å². The lowest BCUT2D eigenvalue weighted by atomic mass is 10.1. The molecule has 0 fully saturated rings. The Morgan fingerprint density at radius 1 is 1.15 bits per heavy atom. The van der Waals surface area contributed by atoms with Crippen LogP contribution in [0.25, 0.3) is 11.1 Å². The number of nitrogens with one attached hydrogen (secondary N) is 1. The van der Waals surface area contributed by atoms with Gasteiger partial charge in [-0.15, -0.1) is 0 Å². The van der Waals surface area contributed by atoms with E-state index >= 15 is 0 Å². The molecule has 5 nitrogen and oxygen atoms in total. The Labute approximate surface area is 118 Å². The van der Waals surface area contributed by atoms with Crippen molar-refractivity contribution in [3.8, 4) is 11.1 Å². The van der Waals surface area contributed by atoms with Crippen LogP contribution in [0.5, 0.6) is 0 Å². The van der Waals surface area contributed by atoms with Crippen molar-refractivity contribution >= 4 is 10.0 Å². The summed E-state index contributed by atoms with van der Waals surface area (Å²) >= 11 is 0. The van der Waals surface area contributed by atoms with Gasteiger partial charge in [0.1, 0.15) is 0 Å². The Kier molecular flexibility index (Phi) is 4.84. The lowest BCUT2D eigenvalue weighted by Gasteiger charge is -2.07. The van der Waals surface area contributed by atoms with Gasteiger partial charge in [0.15, 0.2) is 0 Å². The molecule has 2 rings (SSSR count). The van der Waals surface area contributed by atoms with E-state index in [1.807, 2.05) is 12.1 Å². The van der Waals surface area contributed by atoms with Crippen molar-refractivity contribution in [2.24, 2.45) is 0 Å². The van der Waals surface area contributed by atoms with Gasteiger partial charge in [-0.3, -0.25) is 4.98 Å². The summed E-state index contributed by atoms with van der Waals surface area (Å²) in [6.45, 7) is 0.593. The average molecular weight is 292 g/mol. The van der Waals surface area contributed by atoms with E-state index in [1.54, 1.807) is 36.7 Å². The third-order valence-corrected chi connectivity index (χ3v) is 4.23. The van der Waals surface area contributed by atoms with Crippen LogP contribution >= 0.6 is 0 Å². The summed E-state index contributed by atoms with van der Waals surface area (Å²) in [5.74, 6) is 0. The first-order chi connectivity index (χ1) is 9.63. The van der Waals surface area contributed by atoms with E-state index in [4.69, 9.17) is 4.74 Å². The van der Waals surface area contributed by atoms with E-state index in [9.17, 15) is 8.42 Å². The van der Waals surface area contributed by atoms with Crippen LogP contribution in [0.15, 0.2) is 53.7 Å². The minimum Gasteiger partial charge on any atom is -0.383 e. The lowest BCUT2D eigenvalue weighted by Crippen LogP contribution is -2.27. The molecule has 106 valence electrons. The molecule has 2 aromatic rings. The zero-order chi connectivity index (χ0) is 14.4. The van der Waals surface area contributed by atoms with Crippen molar-refractivity contribution in [1.29, 1.82) is 0 Å². The third-order valence-electron chi connectivity index (χ3n) is 2.76. The van der Waals surface area contributed by atoms with Gasteiger partial charge >= 0.3 is 0 Å². The molecule has 0 bridgehead atoms. The summed E-state index contributed by atoms with van der Waals surface area (Å²) in [6.07, 6.45) is 3.43. The minimum atomic E-state index is -3.48. The number of hydrogen-bond acceptors (Lipinski definition) is 4. The number of rotatable bonds is 6. The van der Waals surface area contributed by atoms with Gasteiger partial charge in [0, 0.05) is 26.0 Å². The monoisotopic (exact) mass is 292 g/mol. The van der Waals surface area contributed by atoms with Crippen LogP contribution in [0.2, 0.25) is 0 Å². The van der Waals surface area contributed by atoms with Gasteiger partial charge in [-0.1, -0.05) is 18.2 Å². The molecule has 0 spiro atoms. The normalized spacial score (nSPS) is 11.4. The van der Waals surface area contributed by atoms with Crippen LogP contribution in [0.3, 0.4) is 0 Å². The Hall–Kier alpha value is -1.76. The third kappa shape index (κ3) is 3.63. The average Bonchev–Trinajstić information content (AvgIpc) is 2.48. The van der Waals surface area contributed by atoms with Gasteiger partial charge in [0.05, 0.1) is 11.5 Å². The van der Waals surface area contributed by atoms with Crippen molar-refractivity contribution in [2.45, 2.75) is 4.90 Å². The summed E-state index contributed by atoms with van der Waals surface area (Å²) in [5, 5.41) is 0. The number of benzene rings is 1. The summed E-state index contributed by atoms with van der Waals surface area (Å²) in [7, 11) is -1.95. The highest BCUT2D eigenvalue weighted by Gasteiger charge is 2.12. The lowest BCUT2D eigenvalue weighted by molar-refractivity contribution is 0.204. The number of ether oxygens (including phenoxy) is 1. The smallest absolute Gasteiger partial charge is 0.240 e. The first-order valence-electron chi connectivity index (χ1n) is 6.12. The van der Waals surface area contributed by atoms with Crippen molar-refractivity contribution in [3.05, 3.63) is 48.8 Å². The fraction of sp³-hybridized carbons (Fsp3) is 0.214. The van der Waals surface area contributed by atoms with E-state index in [1.165, 1.54) is 7.11 Å². The van der Waals surface area contributed by atoms with Gasteiger partial charge in [0.2, 0.25) is 10.0 Å². The quantitative estimate of drug-likeness (QED) is 0.822. The molecule has 6 heteroatoms. The highest BCUT2D eigenvalue weighted by molar-refractivity contribution is 7.89. The Balaban J connectivity index is 2.16. The van der Waals surface area contributed by atoms with Crippen LogP contribution < -0.4 is 4.72 Å². The molecule has 0 saturated carbocycles. The number of pyridine rings is 1. The zero-order valence-corrected chi connectivity index (χ0v) is 11.9. The van der Waals surface area contributed by atoms with Gasteiger partial charge in [-0.2, -0.15) is 0 Å². The predicted octanol–water partition coefficient (Wildman–Crippen LogP) is 1.67. The minimum absolute atomic E-state index is 0.237. The van der Waals surface area contributed by atoms with Crippen molar-refractivity contribution in [3.63, 3.8) is 0 Å². The van der Waals surface area contributed by atoms with E-state index in [2.05, 4.69) is 9.71 Å². The zero-order valence-electron chi connectivity index (χ0n) is 11.1. The molecule has 0 aliphatic rings. The van der Waals surface area contributed by atoms with Crippen molar-refractivity contribution in [2.75, 3.05) is 20.3 Å². The second-order valence-corrected chi connectivity index (χ2v) is 5.92. The summed E-state index contributed by atoms with van der Waals surface area (Å²) in [6, 6.07) is 10.5. The van der Waals surface area contributed by atoms with E-state index < -0.39 is 10.0 Å². The van der Waals surface area contributed by atoms with Crippen LogP contribution in [-0.4, -0.2) is 33.7 Å². The van der Waals surface area contributed by atoms with Crippen LogP contribution in [0, 0.1) is 0 Å². The van der Waals surface area contributed by atoms with Gasteiger partial charge in [-0.05, 0) is 29.3 Å². The van der Waals surface area contributed by atoms with Gasteiger partial charge in [0.25, 0.3) is 0 Å². The molecular weight excluding hydrogens is 276 g/mol. The number of sulfonamides is 1. The summed E-state index contributed by atoms with van der Waals surface area (Å²) in [5.41, 5.74) is 1.87. The molecule has 1 N–H and O–H groups in total. The van der Waals surface area contributed by atoms with E-state index in [0.717, 1.165) is 11.1 Å². The summed E-state index contributed by atoms with van der Waals surface area (Å²) in [4.78, 5) is 4.27. The Morgan fingerprint density at radius 2 is 1.90 bits per heavy atom. The molecule has 0 aliphatic heterocycles. The number of nitrogens with zero attached hydrogens (tertiary/aromatic N) is 1. The predicted molar refractivity (Wildman–Crippen MR) is 76.7 cm³/mol. The summed E-state index contributed by atoms with van der Waals surface area (Å²) < 4.78 is 31.2. The molecule has 0 radical (unpaired) electrons. The van der Waals surface area contributed by atoms with Crippen molar-refractivity contribution in [1.82, 2.24) is 9.71 Å². The molecule has 0 unspecified atom stereocenters. The maximum Gasteiger partial charge on any atom is 0.240 e. The molecular formula is C14H16N2O3S. The standard InChI is InChI=1S/C14H16N2O3S/c1-19-10-9-16-20(17,18)14-6-4-12(5-7-14)13-3-2-8-15-11-13/h2-8,11,16H,9-10H2,1H3. The maximum absolute atomic E-state index is 12.0. The molecule has 0 saturated heterocycles. The molecule has 0 amide bonds. The molecule has 0 aliphatic carbocycles. The first kappa shape index (κ1) is 14.6. The van der Waals surface area contributed by atoms with Gasteiger partial charge < -0.3 is 4.74 Å². The Morgan fingerprint density at radius 3 is 2.50 bits per heavy atom. The Bertz CT molecular complexity index is 640. The van der Waals surface area contributed by atoms with Gasteiger partial charge in [-0.25, -0.2) is 13.1 Å². The highest BCUT2D eigenvalue weighted by atomic mass is 32.2. The van der Waals surface area contributed by atoms with Crippen LogP contribution in [0.4, 0.5) is 0 Å². The largest absolute Gasteiger partial charge is 0.383 e. The number of methoxy groups -OCH3 is 1. The second-order valence-electron chi connectivity index (χ2n) is 4.16. The molecule has 0 atom stereocenters. The fourth-order valence-electron chi connectivity index (χ4n) is 1.72. The highest BCUT2D eigenvalue weighted by Crippen LogP contribution is 2.20. The van der Waals surface area contributed by atoms with Crippen LogP contribution in [0.1, 0.15) is 0 Å². The second kappa shape index (κ2) is 6.60. The first-order valence-corrected chi connectivity index (χ1v) is 7.61. The SMILES string of the molecule is COCCNS(=O)(=O)c1ccc(-c2cccnc2)cc1. The topological polar surface area (TPSA) is 68.3 Å². The number of aromatic nitrogens is 1. The fourth-order valence-corrected chi connectivity index (χ4v) is 2.73. The number of hydrogen-bond donors (Lipinski definition) is 1. The van der Waals surface area contributed by atoms with E-state index in [0.29, 0.717) is 6.61 Å². The van der Waals surface area contributed by atoms with Crippen LogP contribution in [-0.2, 0) is 14.8 Å². The molecule has 1 heterocycles. The molecule has 20 heavy (non-hydrogen) atoms. The molecule has 1 aromatic heterocycles. The van der Waals surface area contributed by atoms with E-state index in [-0.39, 0.29) is 11.4 Å². The molecule has 1 aromatic carbocycles.